The molecule has 174 valence electrons. The number of carbonyl (C=O) groups excluding carboxylic acids is 3. The van der Waals surface area contributed by atoms with E-state index in [4.69, 9.17) is 9.47 Å². The van der Waals surface area contributed by atoms with Crippen molar-refractivity contribution in [2.24, 2.45) is 34.5 Å². The van der Waals surface area contributed by atoms with Crippen LogP contribution in [0.25, 0.3) is 0 Å². The molecule has 0 heterocycles. The molecule has 0 amide bonds. The lowest BCUT2D eigenvalue weighted by molar-refractivity contribution is -0.212. The second-order valence-corrected chi connectivity index (χ2v) is 11.2. The fourth-order valence-electron chi connectivity index (χ4n) is 8.32. The summed E-state index contributed by atoms with van der Waals surface area (Å²) in [6.45, 7) is 7.11. The van der Waals surface area contributed by atoms with Crippen LogP contribution >= 0.6 is 0 Å². The molecule has 6 nitrogen and oxygen atoms in total. The summed E-state index contributed by atoms with van der Waals surface area (Å²) < 4.78 is 10.5. The standard InChI is InChI=1S/C25H38O6/c1-15(26)30-14-22(28)21-9-12-25(29)20-6-5-17-13-18(31-16(2)27)7-10-23(17,3)19(20)8-11-24(21,25)4/h17-21,29H,5-14H2,1-4H3. The predicted molar refractivity (Wildman–Crippen MR) is 114 cm³/mol. The van der Waals surface area contributed by atoms with Crippen LogP contribution < -0.4 is 0 Å². The molecule has 4 saturated carbocycles. The van der Waals surface area contributed by atoms with Crippen molar-refractivity contribution in [1.82, 2.24) is 0 Å². The first-order valence-electron chi connectivity index (χ1n) is 12.1. The normalized spacial score (nSPS) is 46.3. The minimum Gasteiger partial charge on any atom is -0.463 e. The highest BCUT2D eigenvalue weighted by atomic mass is 16.5. The van der Waals surface area contributed by atoms with Crippen molar-refractivity contribution in [2.45, 2.75) is 97.2 Å². The number of rotatable bonds is 4. The predicted octanol–water partition coefficient (Wildman–Crippen LogP) is 3.82. The van der Waals surface area contributed by atoms with Crippen LogP contribution in [0.1, 0.15) is 85.5 Å². The Labute approximate surface area is 185 Å². The number of Topliss-reactive ketones (excluding diaryl/α,β-unsaturated/α-hetero) is 1. The third-order valence-electron chi connectivity index (χ3n) is 9.94. The van der Waals surface area contributed by atoms with E-state index in [0.29, 0.717) is 24.7 Å². The molecule has 8 unspecified atom stereocenters. The van der Waals surface area contributed by atoms with Gasteiger partial charge in [-0.25, -0.2) is 0 Å². The van der Waals surface area contributed by atoms with Gasteiger partial charge in [-0.15, -0.1) is 0 Å². The lowest BCUT2D eigenvalue weighted by Crippen LogP contribution is -2.62. The van der Waals surface area contributed by atoms with Crippen molar-refractivity contribution in [3.63, 3.8) is 0 Å². The average molecular weight is 435 g/mol. The Morgan fingerprint density at radius 2 is 1.65 bits per heavy atom. The van der Waals surface area contributed by atoms with Gasteiger partial charge in [0.05, 0.1) is 5.60 Å². The Kier molecular flexibility index (Phi) is 5.77. The summed E-state index contributed by atoms with van der Waals surface area (Å²) in [6, 6.07) is 0. The van der Waals surface area contributed by atoms with E-state index in [-0.39, 0.29) is 41.7 Å². The summed E-state index contributed by atoms with van der Waals surface area (Å²) in [5.41, 5.74) is -1.15. The van der Waals surface area contributed by atoms with Gasteiger partial charge in [-0.3, -0.25) is 14.4 Å². The molecule has 4 aliphatic rings. The van der Waals surface area contributed by atoms with Gasteiger partial charge in [0.1, 0.15) is 12.7 Å². The molecule has 0 bridgehead atoms. The van der Waals surface area contributed by atoms with Gasteiger partial charge in [0.2, 0.25) is 0 Å². The fourth-order valence-corrected chi connectivity index (χ4v) is 8.32. The van der Waals surface area contributed by atoms with Crippen molar-refractivity contribution in [1.29, 1.82) is 0 Å². The SMILES string of the molecule is CC(=O)OCC(=O)C1CCC2(O)C3CCC4CC(OC(C)=O)CCC4(C)C3CCC12C. The molecule has 6 heteroatoms. The number of esters is 2. The van der Waals surface area contributed by atoms with Gasteiger partial charge >= 0.3 is 11.9 Å². The molecule has 4 fully saturated rings. The highest BCUT2D eigenvalue weighted by molar-refractivity contribution is 5.85. The summed E-state index contributed by atoms with van der Waals surface area (Å²) in [4.78, 5) is 35.5. The maximum Gasteiger partial charge on any atom is 0.303 e. The van der Waals surface area contributed by atoms with Gasteiger partial charge in [0.15, 0.2) is 5.78 Å². The molecule has 0 radical (unpaired) electrons. The smallest absolute Gasteiger partial charge is 0.303 e. The maximum absolute atomic E-state index is 12.9. The maximum atomic E-state index is 12.9. The molecule has 4 aliphatic carbocycles. The van der Waals surface area contributed by atoms with E-state index in [1.807, 2.05) is 0 Å². The van der Waals surface area contributed by atoms with E-state index < -0.39 is 17.0 Å². The molecule has 0 aliphatic heterocycles. The molecular weight excluding hydrogens is 396 g/mol. The van der Waals surface area contributed by atoms with E-state index in [9.17, 15) is 19.5 Å². The van der Waals surface area contributed by atoms with Gasteiger partial charge in [0.25, 0.3) is 0 Å². The molecular formula is C25H38O6. The van der Waals surface area contributed by atoms with Crippen LogP contribution in [0.2, 0.25) is 0 Å². The van der Waals surface area contributed by atoms with Gasteiger partial charge in [-0.2, -0.15) is 0 Å². The third kappa shape index (κ3) is 3.53. The van der Waals surface area contributed by atoms with Crippen LogP contribution in [0.3, 0.4) is 0 Å². The first kappa shape index (κ1) is 22.8. The monoisotopic (exact) mass is 434 g/mol. The Bertz CT molecular complexity index is 763. The van der Waals surface area contributed by atoms with Gasteiger partial charge in [0, 0.05) is 25.2 Å². The third-order valence-corrected chi connectivity index (χ3v) is 9.94. The van der Waals surface area contributed by atoms with E-state index in [2.05, 4.69) is 13.8 Å². The minimum absolute atomic E-state index is 0.0267. The average Bonchev–Trinajstić information content (AvgIpc) is 2.97. The zero-order valence-corrected chi connectivity index (χ0v) is 19.4. The van der Waals surface area contributed by atoms with Crippen molar-refractivity contribution in [3.05, 3.63) is 0 Å². The Morgan fingerprint density at radius 3 is 2.32 bits per heavy atom. The second-order valence-electron chi connectivity index (χ2n) is 11.2. The van der Waals surface area contributed by atoms with Crippen LogP contribution in [0.15, 0.2) is 0 Å². The zero-order chi connectivity index (χ0) is 22.6. The number of hydrogen-bond donors (Lipinski definition) is 1. The molecule has 0 spiro atoms. The summed E-state index contributed by atoms with van der Waals surface area (Å²) in [7, 11) is 0. The van der Waals surface area contributed by atoms with Crippen LogP contribution in [0, 0.1) is 34.5 Å². The summed E-state index contributed by atoms with van der Waals surface area (Å²) in [5.74, 6) is 0.222. The molecule has 31 heavy (non-hydrogen) atoms. The number of fused-ring (bicyclic) bond motifs is 5. The highest BCUT2D eigenvalue weighted by Crippen LogP contribution is 2.69. The van der Waals surface area contributed by atoms with E-state index in [1.165, 1.54) is 13.8 Å². The van der Waals surface area contributed by atoms with Crippen molar-refractivity contribution in [2.75, 3.05) is 6.61 Å². The first-order valence-corrected chi connectivity index (χ1v) is 12.1. The number of ether oxygens (including phenoxy) is 2. The Hall–Kier alpha value is -1.43. The number of aliphatic hydroxyl groups is 1. The highest BCUT2D eigenvalue weighted by Gasteiger charge is 2.68. The lowest BCUT2D eigenvalue weighted by Gasteiger charge is -2.63. The van der Waals surface area contributed by atoms with Crippen molar-refractivity contribution >= 4 is 17.7 Å². The van der Waals surface area contributed by atoms with Gasteiger partial charge in [-0.1, -0.05) is 13.8 Å². The number of ketones is 1. The number of carbonyl (C=O) groups is 3. The first-order chi connectivity index (χ1) is 14.5. The van der Waals surface area contributed by atoms with Crippen LogP contribution in [-0.4, -0.2) is 41.1 Å². The number of hydrogen-bond acceptors (Lipinski definition) is 6. The largest absolute Gasteiger partial charge is 0.463 e. The Balaban J connectivity index is 1.53. The second kappa shape index (κ2) is 7.86. The molecule has 0 aromatic rings. The van der Waals surface area contributed by atoms with E-state index >= 15 is 0 Å². The molecule has 0 aromatic carbocycles. The summed E-state index contributed by atoms with van der Waals surface area (Å²) >= 11 is 0. The van der Waals surface area contributed by atoms with E-state index in [0.717, 1.165) is 44.9 Å². The van der Waals surface area contributed by atoms with Crippen molar-refractivity contribution < 1.29 is 29.0 Å². The van der Waals surface area contributed by atoms with Crippen LogP contribution in [0.4, 0.5) is 0 Å². The van der Waals surface area contributed by atoms with Gasteiger partial charge in [-0.05, 0) is 81.0 Å². The zero-order valence-electron chi connectivity index (χ0n) is 19.4. The summed E-state index contributed by atoms with van der Waals surface area (Å²) in [5, 5.41) is 12.1. The van der Waals surface area contributed by atoms with E-state index in [1.54, 1.807) is 0 Å². The van der Waals surface area contributed by atoms with Crippen LogP contribution in [0.5, 0.6) is 0 Å². The van der Waals surface area contributed by atoms with Crippen LogP contribution in [-0.2, 0) is 23.9 Å². The molecule has 4 rings (SSSR count). The topological polar surface area (TPSA) is 89.9 Å². The molecule has 0 aromatic heterocycles. The Morgan fingerprint density at radius 1 is 0.903 bits per heavy atom. The molecule has 0 saturated heterocycles. The fraction of sp³-hybridized carbons (Fsp3) is 0.880. The molecule has 1 N–H and O–H groups in total. The summed E-state index contributed by atoms with van der Waals surface area (Å²) in [6.07, 6.45) is 8.06. The van der Waals surface area contributed by atoms with Crippen molar-refractivity contribution in [3.8, 4) is 0 Å². The molecule has 8 atom stereocenters. The lowest BCUT2D eigenvalue weighted by atomic mass is 9.43. The van der Waals surface area contributed by atoms with Gasteiger partial charge < -0.3 is 14.6 Å². The quantitative estimate of drug-likeness (QED) is 0.677. The minimum atomic E-state index is -0.840.